The molecule has 1 aromatic carbocycles. The van der Waals surface area contributed by atoms with E-state index < -0.39 is 0 Å². The second kappa shape index (κ2) is 3.79. The van der Waals surface area contributed by atoms with Crippen LogP contribution in [0.4, 0.5) is 5.69 Å². The largest absolute Gasteiger partial charge is 0.384 e. The van der Waals surface area contributed by atoms with Crippen LogP contribution >= 0.6 is 0 Å². The van der Waals surface area contributed by atoms with Gasteiger partial charge in [0, 0.05) is 12.2 Å². The third kappa shape index (κ3) is 1.83. The fourth-order valence-electron chi connectivity index (χ4n) is 1.80. The zero-order valence-electron chi connectivity index (χ0n) is 7.84. The van der Waals surface area contributed by atoms with Crippen molar-refractivity contribution in [1.82, 2.24) is 0 Å². The Hall–Kier alpha value is -1.02. The molecular formula is C11H16N2. The highest BCUT2D eigenvalue weighted by molar-refractivity contribution is 5.57. The summed E-state index contributed by atoms with van der Waals surface area (Å²) < 4.78 is 0. The number of aryl methyl sites for hydroxylation is 1. The number of hydrogen-bond acceptors (Lipinski definition) is 2. The molecule has 0 radical (unpaired) electrons. The molecule has 1 aliphatic rings. The Kier molecular flexibility index (Phi) is 2.50. The molecule has 0 spiro atoms. The Labute approximate surface area is 79.1 Å². The zero-order chi connectivity index (χ0) is 9.10. The van der Waals surface area contributed by atoms with E-state index in [1.807, 2.05) is 0 Å². The first-order valence-electron chi connectivity index (χ1n) is 4.96. The van der Waals surface area contributed by atoms with Crippen molar-refractivity contribution >= 4 is 5.69 Å². The van der Waals surface area contributed by atoms with E-state index in [4.69, 9.17) is 5.73 Å². The molecule has 0 atom stereocenters. The van der Waals surface area contributed by atoms with Gasteiger partial charge in [-0.1, -0.05) is 12.1 Å². The van der Waals surface area contributed by atoms with E-state index in [-0.39, 0.29) is 0 Å². The molecule has 0 amide bonds. The van der Waals surface area contributed by atoms with Gasteiger partial charge in [0.05, 0.1) is 0 Å². The second-order valence-corrected chi connectivity index (χ2v) is 3.56. The minimum Gasteiger partial charge on any atom is -0.384 e. The third-order valence-corrected chi connectivity index (χ3v) is 2.55. The molecule has 1 aliphatic heterocycles. The van der Waals surface area contributed by atoms with Crippen LogP contribution in [0.1, 0.15) is 17.5 Å². The summed E-state index contributed by atoms with van der Waals surface area (Å²) in [4.78, 5) is 0. The SMILES string of the molecule is NCCCc1ccc2c(c1)NCC2. The van der Waals surface area contributed by atoms with E-state index in [1.165, 1.54) is 23.2 Å². The quantitative estimate of drug-likeness (QED) is 0.733. The lowest BCUT2D eigenvalue weighted by Crippen LogP contribution is -2.00. The van der Waals surface area contributed by atoms with Gasteiger partial charge in [0.2, 0.25) is 0 Å². The normalized spacial score (nSPS) is 13.9. The molecule has 3 N–H and O–H groups in total. The van der Waals surface area contributed by atoms with E-state index in [0.29, 0.717) is 0 Å². The van der Waals surface area contributed by atoms with Gasteiger partial charge in [-0.3, -0.25) is 0 Å². The molecule has 2 nitrogen and oxygen atoms in total. The smallest absolute Gasteiger partial charge is 0.0376 e. The Morgan fingerprint density at radius 1 is 1.38 bits per heavy atom. The van der Waals surface area contributed by atoms with Crippen LogP contribution < -0.4 is 11.1 Å². The summed E-state index contributed by atoms with van der Waals surface area (Å²) in [7, 11) is 0. The summed E-state index contributed by atoms with van der Waals surface area (Å²) in [5, 5.41) is 3.39. The van der Waals surface area contributed by atoms with E-state index >= 15 is 0 Å². The minimum atomic E-state index is 0.782. The van der Waals surface area contributed by atoms with Crippen LogP contribution in [-0.2, 0) is 12.8 Å². The van der Waals surface area contributed by atoms with Gasteiger partial charge in [-0.15, -0.1) is 0 Å². The third-order valence-electron chi connectivity index (χ3n) is 2.55. The number of nitrogens with one attached hydrogen (secondary N) is 1. The molecule has 2 rings (SSSR count). The van der Waals surface area contributed by atoms with E-state index in [1.54, 1.807) is 0 Å². The van der Waals surface area contributed by atoms with Crippen molar-refractivity contribution in [3.8, 4) is 0 Å². The van der Waals surface area contributed by atoms with Crippen molar-refractivity contribution in [1.29, 1.82) is 0 Å². The summed E-state index contributed by atoms with van der Waals surface area (Å²) >= 11 is 0. The standard InChI is InChI=1S/C11H16N2/c12-6-1-2-9-3-4-10-5-7-13-11(10)8-9/h3-4,8,13H,1-2,5-7,12H2. The van der Waals surface area contributed by atoms with Gasteiger partial charge in [0.15, 0.2) is 0 Å². The second-order valence-electron chi connectivity index (χ2n) is 3.56. The monoisotopic (exact) mass is 176 g/mol. The first-order valence-corrected chi connectivity index (χ1v) is 4.96. The van der Waals surface area contributed by atoms with Crippen molar-refractivity contribution in [2.75, 3.05) is 18.4 Å². The molecule has 1 heterocycles. The number of rotatable bonds is 3. The fraction of sp³-hybridized carbons (Fsp3) is 0.455. The first-order chi connectivity index (χ1) is 6.40. The molecule has 0 saturated carbocycles. The Morgan fingerprint density at radius 2 is 2.31 bits per heavy atom. The maximum Gasteiger partial charge on any atom is 0.0376 e. The van der Waals surface area contributed by atoms with Gasteiger partial charge in [0.1, 0.15) is 0 Å². The van der Waals surface area contributed by atoms with E-state index in [0.717, 1.165) is 25.9 Å². The lowest BCUT2D eigenvalue weighted by Gasteiger charge is -2.03. The molecule has 0 aromatic heterocycles. The zero-order valence-corrected chi connectivity index (χ0v) is 7.84. The van der Waals surface area contributed by atoms with Crippen molar-refractivity contribution < 1.29 is 0 Å². The molecule has 13 heavy (non-hydrogen) atoms. The molecule has 0 fully saturated rings. The average Bonchev–Trinajstić information content (AvgIpc) is 2.61. The first kappa shape index (κ1) is 8.57. The van der Waals surface area contributed by atoms with Crippen molar-refractivity contribution in [2.24, 2.45) is 5.73 Å². The number of fused-ring (bicyclic) bond motifs is 1. The van der Waals surface area contributed by atoms with Crippen molar-refractivity contribution in [3.05, 3.63) is 29.3 Å². The highest BCUT2D eigenvalue weighted by Gasteiger charge is 2.09. The van der Waals surface area contributed by atoms with Gasteiger partial charge in [-0.25, -0.2) is 0 Å². The maximum absolute atomic E-state index is 5.47. The number of anilines is 1. The summed E-state index contributed by atoms with van der Waals surface area (Å²) in [6.07, 6.45) is 3.36. The molecule has 70 valence electrons. The van der Waals surface area contributed by atoms with Gasteiger partial charge >= 0.3 is 0 Å². The van der Waals surface area contributed by atoms with Gasteiger partial charge < -0.3 is 11.1 Å². The highest BCUT2D eigenvalue weighted by Crippen LogP contribution is 2.23. The van der Waals surface area contributed by atoms with E-state index in [9.17, 15) is 0 Å². The van der Waals surface area contributed by atoms with Crippen LogP contribution in [0.2, 0.25) is 0 Å². The van der Waals surface area contributed by atoms with Gasteiger partial charge in [-0.05, 0) is 43.0 Å². The Balaban J connectivity index is 2.12. The van der Waals surface area contributed by atoms with Crippen LogP contribution in [0.15, 0.2) is 18.2 Å². The molecule has 2 heteroatoms. The molecule has 0 saturated heterocycles. The number of benzene rings is 1. The summed E-state index contributed by atoms with van der Waals surface area (Å²) in [5.41, 5.74) is 9.66. The number of hydrogen-bond donors (Lipinski definition) is 2. The molecule has 0 unspecified atom stereocenters. The minimum absolute atomic E-state index is 0.782. The molecular weight excluding hydrogens is 160 g/mol. The Morgan fingerprint density at radius 3 is 3.15 bits per heavy atom. The predicted molar refractivity (Wildman–Crippen MR) is 56.0 cm³/mol. The molecule has 0 aliphatic carbocycles. The Bertz CT molecular complexity index is 294. The van der Waals surface area contributed by atoms with Gasteiger partial charge in [-0.2, -0.15) is 0 Å². The average molecular weight is 176 g/mol. The topological polar surface area (TPSA) is 38.0 Å². The fourth-order valence-corrected chi connectivity index (χ4v) is 1.80. The van der Waals surface area contributed by atoms with Gasteiger partial charge in [0.25, 0.3) is 0 Å². The predicted octanol–water partition coefficient (Wildman–Crippen LogP) is 1.55. The molecule has 0 bridgehead atoms. The molecule has 1 aromatic rings. The van der Waals surface area contributed by atoms with Crippen LogP contribution in [-0.4, -0.2) is 13.1 Å². The van der Waals surface area contributed by atoms with Crippen molar-refractivity contribution in [2.45, 2.75) is 19.3 Å². The van der Waals surface area contributed by atoms with Crippen molar-refractivity contribution in [3.63, 3.8) is 0 Å². The van der Waals surface area contributed by atoms with Crippen LogP contribution in [0.25, 0.3) is 0 Å². The van der Waals surface area contributed by atoms with Crippen LogP contribution in [0.3, 0.4) is 0 Å². The highest BCUT2D eigenvalue weighted by atomic mass is 14.9. The van der Waals surface area contributed by atoms with Crippen LogP contribution in [0.5, 0.6) is 0 Å². The lowest BCUT2D eigenvalue weighted by atomic mass is 10.1. The maximum atomic E-state index is 5.47. The summed E-state index contributed by atoms with van der Waals surface area (Å²) in [5.74, 6) is 0. The van der Waals surface area contributed by atoms with Crippen LogP contribution in [0, 0.1) is 0 Å². The lowest BCUT2D eigenvalue weighted by molar-refractivity contribution is 0.833. The summed E-state index contributed by atoms with van der Waals surface area (Å²) in [6.45, 7) is 1.88. The summed E-state index contributed by atoms with van der Waals surface area (Å²) in [6, 6.07) is 6.72. The number of nitrogens with two attached hydrogens (primary N) is 1. The van der Waals surface area contributed by atoms with E-state index in [2.05, 4.69) is 23.5 Å².